The van der Waals surface area contributed by atoms with E-state index in [0.717, 1.165) is 61.8 Å². The van der Waals surface area contributed by atoms with E-state index in [9.17, 15) is 27.9 Å². The second-order valence-corrected chi connectivity index (χ2v) is 14.2. The summed E-state index contributed by atoms with van der Waals surface area (Å²) in [5.74, 6) is -1.66. The van der Waals surface area contributed by atoms with E-state index in [1.807, 2.05) is 24.3 Å². The maximum absolute atomic E-state index is 13.6. The molecular weight excluding hydrogens is 607 g/mol. The van der Waals surface area contributed by atoms with Gasteiger partial charge in [-0.2, -0.15) is 13.2 Å². The van der Waals surface area contributed by atoms with Crippen molar-refractivity contribution in [3.05, 3.63) is 70.8 Å². The van der Waals surface area contributed by atoms with Gasteiger partial charge in [-0.05, 0) is 94.3 Å². The topological polar surface area (TPSA) is 96.9 Å². The molecule has 47 heavy (non-hydrogen) atoms. The van der Waals surface area contributed by atoms with Crippen molar-refractivity contribution >= 4 is 11.8 Å². The molecule has 0 saturated carbocycles. The Kier molecular flexibility index (Phi) is 10.3. The fraction of sp³-hybridized carbons (Fsp3) is 0.611. The lowest BCUT2D eigenvalue weighted by Crippen LogP contribution is -2.50. The van der Waals surface area contributed by atoms with Crippen molar-refractivity contribution in [3.8, 4) is 0 Å². The normalized spacial score (nSPS) is 29.0. The minimum Gasteiger partial charge on any atom is -0.395 e. The minimum atomic E-state index is -4.45. The summed E-state index contributed by atoms with van der Waals surface area (Å²) < 4.78 is 39.8. The highest BCUT2D eigenvalue weighted by molar-refractivity contribution is 5.84. The molecule has 4 aliphatic rings. The Balaban J connectivity index is 1.06. The van der Waals surface area contributed by atoms with Gasteiger partial charge in [0.05, 0.1) is 24.0 Å². The third-order valence-corrected chi connectivity index (χ3v) is 11.4. The van der Waals surface area contributed by atoms with Crippen LogP contribution in [0.3, 0.4) is 0 Å². The van der Waals surface area contributed by atoms with Crippen molar-refractivity contribution in [2.45, 2.75) is 112 Å². The number of piperidine rings is 2. The number of alkyl halides is 3. The lowest BCUT2D eigenvalue weighted by atomic mass is 9.93. The fourth-order valence-corrected chi connectivity index (χ4v) is 8.50. The minimum absolute atomic E-state index is 0.0481. The first-order valence-corrected chi connectivity index (χ1v) is 17.1. The number of nitrogens with zero attached hydrogens (tertiary/aromatic N) is 2. The largest absolute Gasteiger partial charge is 0.416 e. The molecule has 4 aliphatic heterocycles. The number of carbonyl (C=O) groups excluding carboxylic acids is 2. The van der Waals surface area contributed by atoms with Crippen molar-refractivity contribution in [1.82, 2.24) is 25.8 Å². The third-order valence-electron chi connectivity index (χ3n) is 11.4. The fourth-order valence-electron chi connectivity index (χ4n) is 8.50. The van der Waals surface area contributed by atoms with Crippen molar-refractivity contribution in [3.63, 3.8) is 0 Å². The van der Waals surface area contributed by atoms with Crippen LogP contribution in [0.4, 0.5) is 13.2 Å². The van der Waals surface area contributed by atoms with Crippen molar-refractivity contribution in [1.29, 1.82) is 0 Å². The summed E-state index contributed by atoms with van der Waals surface area (Å²) in [4.78, 5) is 31.6. The van der Waals surface area contributed by atoms with E-state index in [0.29, 0.717) is 36.3 Å². The Morgan fingerprint density at radius 2 is 1.17 bits per heavy atom. The molecule has 0 radical (unpaired) electrons. The first kappa shape index (κ1) is 33.9. The highest BCUT2D eigenvalue weighted by atomic mass is 19.4. The van der Waals surface area contributed by atoms with Crippen LogP contribution >= 0.6 is 0 Å². The average Bonchev–Trinajstić information content (AvgIpc) is 3.36. The van der Waals surface area contributed by atoms with E-state index in [1.165, 1.54) is 25.0 Å². The Labute approximate surface area is 275 Å². The average molecular weight is 656 g/mol. The zero-order valence-corrected chi connectivity index (χ0v) is 27.3. The molecule has 11 heteroatoms. The van der Waals surface area contributed by atoms with Crippen LogP contribution < -0.4 is 16.0 Å². The van der Waals surface area contributed by atoms with Crippen molar-refractivity contribution < 1.29 is 27.9 Å². The van der Waals surface area contributed by atoms with Gasteiger partial charge in [0.15, 0.2) is 0 Å². The molecule has 6 rings (SSSR count). The molecule has 4 fully saturated rings. The first-order chi connectivity index (χ1) is 22.5. The Hall–Kier alpha value is -2.99. The van der Waals surface area contributed by atoms with Crippen molar-refractivity contribution in [2.75, 3.05) is 27.2 Å². The summed E-state index contributed by atoms with van der Waals surface area (Å²) >= 11 is 0. The van der Waals surface area contributed by atoms with Crippen LogP contribution in [0.15, 0.2) is 48.5 Å². The molecule has 0 aromatic heterocycles. The van der Waals surface area contributed by atoms with Gasteiger partial charge in [0, 0.05) is 49.3 Å². The summed E-state index contributed by atoms with van der Waals surface area (Å²) in [5.41, 5.74) is 1.45. The zero-order chi connectivity index (χ0) is 33.3. The molecule has 2 aromatic rings. The van der Waals surface area contributed by atoms with E-state index in [1.54, 1.807) is 0 Å². The Bertz CT molecular complexity index is 1360. The maximum atomic E-state index is 13.6. The van der Waals surface area contributed by atoms with Crippen LogP contribution in [0.1, 0.15) is 85.5 Å². The highest BCUT2D eigenvalue weighted by Crippen LogP contribution is 2.36. The number of nitrogens with one attached hydrogen (secondary N) is 3. The van der Waals surface area contributed by atoms with Crippen LogP contribution in [-0.4, -0.2) is 90.2 Å². The van der Waals surface area contributed by atoms with E-state index in [2.05, 4.69) is 39.8 Å². The maximum Gasteiger partial charge on any atom is 0.416 e. The molecule has 6 unspecified atom stereocenters. The molecule has 256 valence electrons. The highest BCUT2D eigenvalue weighted by Gasteiger charge is 2.41. The zero-order valence-electron chi connectivity index (χ0n) is 27.3. The molecule has 4 saturated heterocycles. The van der Waals surface area contributed by atoms with Gasteiger partial charge in [0.1, 0.15) is 0 Å². The smallest absolute Gasteiger partial charge is 0.395 e. The standard InChI is InChI=1S/C36H48F3N5O3/c1-43-28-11-12-29(43)16-26(15-28)41-34(46)32(23-7-9-25(10-8-23)36(37,38)39)20-40-19-22-3-5-24(6-4-22)33(21-45)35(47)42-27-17-30-13-14-31(18-27)44(30)2/h3-10,26-33,40,45H,11-21H2,1-2H3,(H,41,46)(H,42,47). The third kappa shape index (κ3) is 7.69. The van der Waals surface area contributed by atoms with Gasteiger partial charge in [0.2, 0.25) is 11.8 Å². The van der Waals surface area contributed by atoms with Gasteiger partial charge in [-0.3, -0.25) is 9.59 Å². The summed E-state index contributed by atoms with van der Waals surface area (Å²) in [6.45, 7) is 0.391. The summed E-state index contributed by atoms with van der Waals surface area (Å²) in [6, 6.07) is 14.5. The molecule has 4 bridgehead atoms. The molecule has 0 aliphatic carbocycles. The van der Waals surface area contributed by atoms with Gasteiger partial charge in [-0.25, -0.2) is 0 Å². The number of aliphatic hydroxyl groups is 1. The monoisotopic (exact) mass is 655 g/mol. The van der Waals surface area contributed by atoms with Crippen molar-refractivity contribution in [2.24, 2.45) is 0 Å². The van der Waals surface area contributed by atoms with E-state index in [4.69, 9.17) is 0 Å². The summed E-state index contributed by atoms with van der Waals surface area (Å²) in [6.07, 6.45) is 3.77. The summed E-state index contributed by atoms with van der Waals surface area (Å²) in [5, 5.41) is 19.8. The lowest BCUT2D eigenvalue weighted by molar-refractivity contribution is -0.137. The summed E-state index contributed by atoms with van der Waals surface area (Å²) in [7, 11) is 4.30. The molecule has 8 nitrogen and oxygen atoms in total. The van der Waals surface area contributed by atoms with Gasteiger partial charge < -0.3 is 30.9 Å². The quantitative estimate of drug-likeness (QED) is 0.291. The molecule has 0 spiro atoms. The number of rotatable bonds is 11. The van der Waals surface area contributed by atoms with Gasteiger partial charge in [0.25, 0.3) is 0 Å². The number of hydrogen-bond acceptors (Lipinski definition) is 6. The number of amides is 2. The molecule has 6 atom stereocenters. The van der Waals surface area contributed by atoms with E-state index in [-0.39, 0.29) is 37.0 Å². The van der Waals surface area contributed by atoms with E-state index >= 15 is 0 Å². The predicted octanol–water partition coefficient (Wildman–Crippen LogP) is 4.14. The Morgan fingerprint density at radius 1 is 0.745 bits per heavy atom. The van der Waals surface area contributed by atoms with Gasteiger partial charge >= 0.3 is 6.18 Å². The molecule has 4 heterocycles. The van der Waals surface area contributed by atoms with Crippen LogP contribution in [-0.2, 0) is 22.3 Å². The van der Waals surface area contributed by atoms with E-state index < -0.39 is 23.6 Å². The van der Waals surface area contributed by atoms with Crippen LogP contribution in [0, 0.1) is 0 Å². The lowest BCUT2D eigenvalue weighted by Gasteiger charge is -2.37. The van der Waals surface area contributed by atoms with Gasteiger partial charge in [-0.15, -0.1) is 0 Å². The SMILES string of the molecule is CN1C2CCC1CC(NC(=O)C(CO)c1ccc(CNCC(C(=O)NC3CC4CCC(C3)N4C)c3ccc(C(F)(F)F)cc3)cc1)C2. The number of hydrogen-bond donors (Lipinski definition) is 4. The number of fused-ring (bicyclic) bond motifs is 4. The second-order valence-electron chi connectivity index (χ2n) is 14.2. The number of halogens is 3. The Morgan fingerprint density at radius 3 is 1.62 bits per heavy atom. The first-order valence-electron chi connectivity index (χ1n) is 17.1. The predicted molar refractivity (Wildman–Crippen MR) is 174 cm³/mol. The van der Waals surface area contributed by atoms with Gasteiger partial charge in [-0.1, -0.05) is 36.4 Å². The second kappa shape index (κ2) is 14.2. The number of carbonyl (C=O) groups is 2. The molecule has 2 aromatic carbocycles. The molecular formula is C36H48F3N5O3. The molecule has 2 amide bonds. The van der Waals surface area contributed by atoms with Crippen LogP contribution in [0.25, 0.3) is 0 Å². The van der Waals surface area contributed by atoms with Crippen LogP contribution in [0.2, 0.25) is 0 Å². The van der Waals surface area contributed by atoms with Crippen LogP contribution in [0.5, 0.6) is 0 Å². The number of aliphatic hydroxyl groups excluding tert-OH is 1. The molecule has 4 N–H and O–H groups in total. The number of benzene rings is 2.